The van der Waals surface area contributed by atoms with E-state index in [1.165, 1.54) is 20.2 Å². The van der Waals surface area contributed by atoms with Crippen LogP contribution in [-0.4, -0.2) is 75.5 Å². The summed E-state index contributed by atoms with van der Waals surface area (Å²) in [6, 6.07) is 0. The zero-order valence-corrected chi connectivity index (χ0v) is 23.1. The Morgan fingerprint density at radius 2 is 1.21 bits per heavy atom. The number of nitrogens with zero attached hydrogens (tertiary/aromatic N) is 2. The summed E-state index contributed by atoms with van der Waals surface area (Å²) < 4.78 is 11.6. The number of esters is 2. The molecule has 2 atom stereocenters. The molecule has 5 rings (SSSR count). The minimum atomic E-state index is -2.37. The van der Waals surface area contributed by atoms with Gasteiger partial charge in [0.05, 0.1) is 12.8 Å². The fourth-order valence-electron chi connectivity index (χ4n) is 6.93. The van der Waals surface area contributed by atoms with Gasteiger partial charge in [-0.3, -0.25) is 38.6 Å². The Morgan fingerprint density at radius 3 is 1.62 bits per heavy atom. The van der Waals surface area contributed by atoms with Crippen LogP contribution in [0, 0.1) is 16.2 Å². The zero-order chi connectivity index (χ0) is 28.4. The first-order valence-electron chi connectivity index (χ1n) is 12.7. The van der Waals surface area contributed by atoms with Gasteiger partial charge < -0.3 is 20.1 Å². The summed E-state index contributed by atoms with van der Waals surface area (Å²) in [5, 5.41) is 4.57. The molecule has 14 heteroatoms. The molecule has 0 aromatic heterocycles. The number of amides is 4. The SMILES string of the molecule is CN1C(=O)C2(CC(=O)OC3(CCCCC3)OC(=O)CC3(C(=O)NC(=S)N(C)C3=O)C23C=CCC3)C(=O)NC1=S. The number of hydrogen-bond acceptors (Lipinski definition) is 10. The molecule has 2 unspecified atom stereocenters. The van der Waals surface area contributed by atoms with Crippen LogP contribution in [0.15, 0.2) is 12.2 Å². The van der Waals surface area contributed by atoms with E-state index in [1.807, 2.05) is 0 Å². The van der Waals surface area contributed by atoms with Crippen molar-refractivity contribution in [2.45, 2.75) is 63.6 Å². The van der Waals surface area contributed by atoms with Crippen LogP contribution in [0.5, 0.6) is 0 Å². The normalized spacial score (nSPS) is 35.0. The van der Waals surface area contributed by atoms with Gasteiger partial charge in [-0.15, -0.1) is 0 Å². The Hall–Kier alpha value is -3.26. The van der Waals surface area contributed by atoms with Crippen molar-refractivity contribution in [2.75, 3.05) is 14.1 Å². The van der Waals surface area contributed by atoms with Gasteiger partial charge in [-0.2, -0.15) is 0 Å². The maximum Gasteiger partial charge on any atom is 0.310 e. The molecule has 5 aliphatic rings. The van der Waals surface area contributed by atoms with Gasteiger partial charge in [0.1, 0.15) is 10.8 Å². The van der Waals surface area contributed by atoms with E-state index >= 15 is 0 Å². The quantitative estimate of drug-likeness (QED) is 0.181. The monoisotopic (exact) mass is 576 g/mol. The summed E-state index contributed by atoms with van der Waals surface area (Å²) in [5.41, 5.74) is -6.71. The highest BCUT2D eigenvalue weighted by Gasteiger charge is 2.78. The first-order valence-corrected chi connectivity index (χ1v) is 13.6. The average Bonchev–Trinajstić information content (AvgIpc) is 3.38. The molecular weight excluding hydrogens is 548 g/mol. The van der Waals surface area contributed by atoms with Crippen LogP contribution in [0.25, 0.3) is 0 Å². The van der Waals surface area contributed by atoms with E-state index in [0.29, 0.717) is 12.8 Å². The zero-order valence-electron chi connectivity index (χ0n) is 21.5. The molecule has 208 valence electrons. The van der Waals surface area contributed by atoms with Gasteiger partial charge in [-0.25, -0.2) is 0 Å². The van der Waals surface area contributed by atoms with Crippen LogP contribution in [0.4, 0.5) is 0 Å². The van der Waals surface area contributed by atoms with Gasteiger partial charge in [-0.05, 0) is 50.1 Å². The van der Waals surface area contributed by atoms with Crippen LogP contribution in [0.3, 0.4) is 0 Å². The van der Waals surface area contributed by atoms with Crippen LogP contribution in [-0.2, 0) is 38.2 Å². The number of hydrogen-bond donors (Lipinski definition) is 2. The lowest BCUT2D eigenvalue weighted by Crippen LogP contribution is -2.77. The molecule has 3 aliphatic heterocycles. The molecule has 0 aromatic rings. The molecule has 3 saturated heterocycles. The van der Waals surface area contributed by atoms with Crippen molar-refractivity contribution < 1.29 is 38.2 Å². The molecule has 4 amide bonds. The first-order chi connectivity index (χ1) is 18.4. The molecule has 0 radical (unpaired) electrons. The van der Waals surface area contributed by atoms with Crippen LogP contribution in [0.1, 0.15) is 57.8 Å². The minimum Gasteiger partial charge on any atom is -0.422 e. The highest BCUT2D eigenvalue weighted by molar-refractivity contribution is 7.80. The van der Waals surface area contributed by atoms with Crippen molar-refractivity contribution in [3.8, 4) is 0 Å². The molecule has 2 aliphatic carbocycles. The highest BCUT2D eigenvalue weighted by atomic mass is 32.1. The number of rotatable bonds is 0. The first kappa shape index (κ1) is 27.3. The van der Waals surface area contributed by atoms with E-state index in [0.717, 1.165) is 16.2 Å². The van der Waals surface area contributed by atoms with Crippen LogP contribution in [0.2, 0.25) is 0 Å². The molecule has 39 heavy (non-hydrogen) atoms. The number of nitrogens with one attached hydrogen (secondary N) is 2. The van der Waals surface area contributed by atoms with Crippen molar-refractivity contribution in [1.82, 2.24) is 20.4 Å². The van der Waals surface area contributed by atoms with Crippen molar-refractivity contribution in [3.63, 3.8) is 0 Å². The Balaban J connectivity index is 1.83. The molecule has 4 fully saturated rings. The van der Waals surface area contributed by atoms with Crippen molar-refractivity contribution >= 4 is 70.2 Å². The highest BCUT2D eigenvalue weighted by Crippen LogP contribution is 2.64. The Bertz CT molecular complexity index is 1200. The second kappa shape index (κ2) is 9.15. The standard InChI is InChI=1S/C25H28N4O8S2/c1-28-18(34)24(16(32)26-20(28)38)12-14(30)36-23(10-4-3-5-11-23)37-15(31)13-25(22(24)8-6-7-9-22)17(33)27-21(39)29(2)19(25)35/h6,8H,3-5,7,9-13H2,1-2H3,(H,26,32,38)(H,27,33,39). The molecular formula is C25H28N4O8S2. The fraction of sp³-hybridized carbons (Fsp3) is 0.600. The third kappa shape index (κ3) is 3.60. The summed E-state index contributed by atoms with van der Waals surface area (Å²) >= 11 is 10.3. The predicted molar refractivity (Wildman–Crippen MR) is 140 cm³/mol. The maximum absolute atomic E-state index is 14.3. The average molecular weight is 577 g/mol. The number of carbonyl (C=O) groups is 6. The summed E-state index contributed by atoms with van der Waals surface area (Å²) in [6.45, 7) is 0. The van der Waals surface area contributed by atoms with Crippen molar-refractivity contribution in [3.05, 3.63) is 12.2 Å². The Kier molecular flexibility index (Phi) is 6.41. The molecule has 0 bridgehead atoms. The number of carbonyl (C=O) groups excluding carboxylic acids is 6. The van der Waals surface area contributed by atoms with Gasteiger partial charge in [0.25, 0.3) is 5.79 Å². The lowest BCUT2D eigenvalue weighted by molar-refractivity contribution is -0.247. The number of thiocarbonyl (C=S) groups is 2. The third-order valence-corrected chi connectivity index (χ3v) is 9.58. The fourth-order valence-corrected chi connectivity index (χ4v) is 7.28. The number of fused-ring (bicyclic) bond motifs is 2. The van der Waals surface area contributed by atoms with Crippen LogP contribution >= 0.6 is 24.4 Å². The smallest absolute Gasteiger partial charge is 0.310 e. The van der Waals surface area contributed by atoms with Gasteiger partial charge >= 0.3 is 11.9 Å². The molecule has 2 N–H and O–H groups in total. The van der Waals surface area contributed by atoms with Gasteiger partial charge in [0.15, 0.2) is 10.2 Å². The second-order valence-electron chi connectivity index (χ2n) is 10.7. The van der Waals surface area contributed by atoms with E-state index in [9.17, 15) is 28.8 Å². The molecule has 12 nitrogen and oxygen atoms in total. The largest absolute Gasteiger partial charge is 0.422 e. The van der Waals surface area contributed by atoms with E-state index in [2.05, 4.69) is 10.6 Å². The summed E-state index contributed by atoms with van der Waals surface area (Å²) in [4.78, 5) is 86.0. The lowest BCUT2D eigenvalue weighted by atomic mass is 9.46. The van der Waals surface area contributed by atoms with Gasteiger partial charge in [-0.1, -0.05) is 18.6 Å². The summed E-state index contributed by atoms with van der Waals surface area (Å²) in [5.74, 6) is -7.28. The van der Waals surface area contributed by atoms with Gasteiger partial charge in [0, 0.05) is 32.4 Å². The van der Waals surface area contributed by atoms with E-state index in [4.69, 9.17) is 33.9 Å². The van der Waals surface area contributed by atoms with Crippen molar-refractivity contribution in [2.24, 2.45) is 16.2 Å². The Labute approximate surface area is 234 Å². The topological polar surface area (TPSA) is 151 Å². The lowest BCUT2D eigenvalue weighted by Gasteiger charge is -2.58. The molecule has 4 spiro atoms. The minimum absolute atomic E-state index is 0.0851. The maximum atomic E-state index is 14.3. The van der Waals surface area contributed by atoms with Gasteiger partial charge in [0.2, 0.25) is 23.6 Å². The van der Waals surface area contributed by atoms with E-state index in [-0.39, 0.29) is 35.9 Å². The number of ether oxygens (including phenoxy) is 2. The molecule has 1 saturated carbocycles. The summed E-state index contributed by atoms with van der Waals surface area (Å²) in [6.07, 6.45) is 4.00. The van der Waals surface area contributed by atoms with Crippen molar-refractivity contribution in [1.29, 1.82) is 0 Å². The second-order valence-corrected chi connectivity index (χ2v) is 11.5. The molecule has 0 aromatic carbocycles. The van der Waals surface area contributed by atoms with Crippen LogP contribution < -0.4 is 10.6 Å². The third-order valence-electron chi connectivity index (χ3n) is 8.83. The number of allylic oxidation sites excluding steroid dienone is 2. The Morgan fingerprint density at radius 1 is 0.744 bits per heavy atom. The summed E-state index contributed by atoms with van der Waals surface area (Å²) in [7, 11) is 2.66. The van der Waals surface area contributed by atoms with E-state index in [1.54, 1.807) is 6.08 Å². The van der Waals surface area contributed by atoms with E-state index < -0.39 is 70.4 Å². The molecule has 3 heterocycles. The predicted octanol–water partition coefficient (Wildman–Crippen LogP) is 0.582.